The van der Waals surface area contributed by atoms with Crippen molar-refractivity contribution in [1.82, 2.24) is 14.9 Å². The molecule has 22 heavy (non-hydrogen) atoms. The van der Waals surface area contributed by atoms with Gasteiger partial charge in [-0.3, -0.25) is 9.69 Å². The van der Waals surface area contributed by atoms with Gasteiger partial charge in [-0.1, -0.05) is 11.6 Å². The van der Waals surface area contributed by atoms with E-state index < -0.39 is 0 Å². The minimum atomic E-state index is 0.126. The van der Waals surface area contributed by atoms with E-state index in [-0.39, 0.29) is 5.78 Å². The molecule has 0 bridgehead atoms. The topological polar surface area (TPSA) is 49.3 Å². The van der Waals surface area contributed by atoms with Crippen molar-refractivity contribution in [1.29, 1.82) is 0 Å². The summed E-state index contributed by atoms with van der Waals surface area (Å²) in [4.78, 5) is 25.1. The van der Waals surface area contributed by atoms with Gasteiger partial charge in [-0.2, -0.15) is 0 Å². The molecule has 6 heteroatoms. The zero-order valence-corrected chi connectivity index (χ0v) is 12.9. The number of aromatic nitrogens is 2. The fourth-order valence-corrected chi connectivity index (χ4v) is 2.62. The molecule has 0 amide bonds. The molecule has 2 heterocycles. The molecule has 1 aromatic heterocycles. The Morgan fingerprint density at radius 2 is 1.68 bits per heavy atom. The first-order valence-electron chi connectivity index (χ1n) is 7.25. The summed E-state index contributed by atoms with van der Waals surface area (Å²) in [7, 11) is 0. The zero-order chi connectivity index (χ0) is 15.4. The first-order chi connectivity index (χ1) is 10.7. The summed E-state index contributed by atoms with van der Waals surface area (Å²) < 4.78 is 0. The fraction of sp³-hybridized carbons (Fsp3) is 0.312. The largest absolute Gasteiger partial charge is 0.338 e. The summed E-state index contributed by atoms with van der Waals surface area (Å²) in [6.45, 7) is 3.76. The molecule has 0 unspecified atom stereocenters. The van der Waals surface area contributed by atoms with Crippen molar-refractivity contribution in [2.75, 3.05) is 37.6 Å². The van der Waals surface area contributed by atoms with E-state index >= 15 is 0 Å². The highest BCUT2D eigenvalue weighted by atomic mass is 35.5. The first-order valence-corrected chi connectivity index (χ1v) is 7.63. The van der Waals surface area contributed by atoms with Gasteiger partial charge in [-0.25, -0.2) is 9.97 Å². The van der Waals surface area contributed by atoms with Crippen molar-refractivity contribution in [3.63, 3.8) is 0 Å². The van der Waals surface area contributed by atoms with E-state index in [1.807, 2.05) is 6.07 Å². The van der Waals surface area contributed by atoms with Crippen molar-refractivity contribution in [2.24, 2.45) is 0 Å². The summed E-state index contributed by atoms with van der Waals surface area (Å²) in [6.07, 6.45) is 3.50. The predicted octanol–water partition coefficient (Wildman–Crippen LogP) is 2.13. The van der Waals surface area contributed by atoms with Gasteiger partial charge in [0.1, 0.15) is 0 Å². The standard InChI is InChI=1S/C16H17ClN4O/c17-14-4-2-13(3-5-14)15(22)12-20-8-10-21(11-9-20)16-18-6-1-7-19-16/h1-7H,8-12H2. The van der Waals surface area contributed by atoms with E-state index in [0.29, 0.717) is 17.1 Å². The van der Waals surface area contributed by atoms with Gasteiger partial charge in [0.15, 0.2) is 5.78 Å². The van der Waals surface area contributed by atoms with Crippen LogP contribution < -0.4 is 4.90 Å². The van der Waals surface area contributed by atoms with Crippen molar-refractivity contribution in [3.8, 4) is 0 Å². The van der Waals surface area contributed by atoms with Crippen LogP contribution in [0.2, 0.25) is 5.02 Å². The molecule has 3 rings (SSSR count). The highest BCUT2D eigenvalue weighted by molar-refractivity contribution is 6.30. The quantitative estimate of drug-likeness (QED) is 0.809. The Bertz CT molecular complexity index is 624. The van der Waals surface area contributed by atoms with Crippen LogP contribution in [0.3, 0.4) is 0 Å². The summed E-state index contributed by atoms with van der Waals surface area (Å²) in [6, 6.07) is 8.86. The average molecular weight is 317 g/mol. The number of carbonyl (C=O) groups excluding carboxylic acids is 1. The third-order valence-corrected chi connectivity index (χ3v) is 3.99. The molecule has 114 valence electrons. The molecule has 1 fully saturated rings. The highest BCUT2D eigenvalue weighted by Crippen LogP contribution is 2.12. The summed E-state index contributed by atoms with van der Waals surface area (Å²) in [5, 5.41) is 0.646. The maximum atomic E-state index is 12.3. The third-order valence-electron chi connectivity index (χ3n) is 3.74. The van der Waals surface area contributed by atoms with E-state index in [9.17, 15) is 4.79 Å². The summed E-state index contributed by atoms with van der Waals surface area (Å²) in [5.74, 6) is 0.882. The van der Waals surface area contributed by atoms with E-state index in [1.165, 1.54) is 0 Å². The van der Waals surface area contributed by atoms with Gasteiger partial charge in [0.2, 0.25) is 5.95 Å². The molecule has 0 atom stereocenters. The number of hydrogen-bond acceptors (Lipinski definition) is 5. The van der Waals surface area contributed by atoms with Crippen LogP contribution in [-0.2, 0) is 0 Å². The highest BCUT2D eigenvalue weighted by Gasteiger charge is 2.20. The monoisotopic (exact) mass is 316 g/mol. The summed E-state index contributed by atoms with van der Waals surface area (Å²) in [5.41, 5.74) is 0.707. The van der Waals surface area contributed by atoms with Crippen molar-refractivity contribution >= 4 is 23.3 Å². The van der Waals surface area contributed by atoms with Crippen molar-refractivity contribution < 1.29 is 4.79 Å². The number of halogens is 1. The molecule has 0 saturated carbocycles. The normalized spacial score (nSPS) is 15.8. The van der Waals surface area contributed by atoms with Gasteiger partial charge in [-0.05, 0) is 30.3 Å². The minimum Gasteiger partial charge on any atom is -0.338 e. The van der Waals surface area contributed by atoms with Crippen LogP contribution in [0.25, 0.3) is 0 Å². The predicted molar refractivity (Wildman–Crippen MR) is 86.5 cm³/mol. The van der Waals surface area contributed by atoms with Crippen LogP contribution in [0.1, 0.15) is 10.4 Å². The van der Waals surface area contributed by atoms with Gasteiger partial charge in [-0.15, -0.1) is 0 Å². The molecular formula is C16H17ClN4O. The number of anilines is 1. The molecule has 1 aromatic carbocycles. The number of nitrogens with zero attached hydrogens (tertiary/aromatic N) is 4. The lowest BCUT2D eigenvalue weighted by Gasteiger charge is -2.34. The van der Waals surface area contributed by atoms with Crippen LogP contribution in [-0.4, -0.2) is 53.4 Å². The SMILES string of the molecule is O=C(CN1CCN(c2ncccn2)CC1)c1ccc(Cl)cc1. The lowest BCUT2D eigenvalue weighted by Crippen LogP contribution is -2.48. The Morgan fingerprint density at radius 3 is 2.32 bits per heavy atom. The first kappa shape index (κ1) is 14.9. The number of carbonyl (C=O) groups is 1. The molecule has 0 spiro atoms. The van der Waals surface area contributed by atoms with Gasteiger partial charge in [0.05, 0.1) is 6.54 Å². The van der Waals surface area contributed by atoms with Crippen LogP contribution in [0.5, 0.6) is 0 Å². The summed E-state index contributed by atoms with van der Waals surface area (Å²) >= 11 is 5.84. The van der Waals surface area contributed by atoms with Gasteiger partial charge in [0.25, 0.3) is 0 Å². The lowest BCUT2D eigenvalue weighted by molar-refractivity contribution is 0.0926. The number of hydrogen-bond donors (Lipinski definition) is 0. The second kappa shape index (κ2) is 6.85. The lowest BCUT2D eigenvalue weighted by atomic mass is 10.1. The van der Waals surface area contributed by atoms with Crippen molar-refractivity contribution in [3.05, 3.63) is 53.3 Å². The van der Waals surface area contributed by atoms with Crippen LogP contribution in [0.4, 0.5) is 5.95 Å². The van der Waals surface area contributed by atoms with Crippen LogP contribution >= 0.6 is 11.6 Å². The van der Waals surface area contributed by atoms with Gasteiger partial charge >= 0.3 is 0 Å². The van der Waals surface area contributed by atoms with Crippen molar-refractivity contribution in [2.45, 2.75) is 0 Å². The minimum absolute atomic E-state index is 0.126. The zero-order valence-electron chi connectivity index (χ0n) is 12.2. The van der Waals surface area contributed by atoms with Gasteiger partial charge in [0, 0.05) is 49.2 Å². The Morgan fingerprint density at radius 1 is 1.05 bits per heavy atom. The van der Waals surface area contributed by atoms with E-state index in [2.05, 4.69) is 19.8 Å². The number of piperazine rings is 1. The maximum absolute atomic E-state index is 12.3. The average Bonchev–Trinajstić information content (AvgIpc) is 2.57. The third kappa shape index (κ3) is 3.61. The van der Waals surface area contributed by atoms with Gasteiger partial charge < -0.3 is 4.90 Å². The smallest absolute Gasteiger partial charge is 0.225 e. The number of benzene rings is 1. The molecule has 5 nitrogen and oxygen atoms in total. The number of rotatable bonds is 4. The van der Waals surface area contributed by atoms with E-state index in [1.54, 1.807) is 36.7 Å². The second-order valence-electron chi connectivity index (χ2n) is 5.24. The molecular weight excluding hydrogens is 300 g/mol. The number of ketones is 1. The Labute approximate surface area is 134 Å². The number of Topliss-reactive ketones (excluding diaryl/α,β-unsaturated/α-hetero) is 1. The maximum Gasteiger partial charge on any atom is 0.225 e. The van der Waals surface area contributed by atoms with Crippen LogP contribution in [0, 0.1) is 0 Å². The molecule has 1 aliphatic heterocycles. The molecule has 0 aliphatic carbocycles. The second-order valence-corrected chi connectivity index (χ2v) is 5.68. The van der Waals surface area contributed by atoms with E-state index in [4.69, 9.17) is 11.6 Å². The molecule has 1 aliphatic rings. The molecule has 0 radical (unpaired) electrons. The Balaban J connectivity index is 1.53. The fourth-order valence-electron chi connectivity index (χ4n) is 2.49. The Hall–Kier alpha value is -1.98. The molecule has 1 saturated heterocycles. The molecule has 0 N–H and O–H groups in total. The van der Waals surface area contributed by atoms with Crippen LogP contribution in [0.15, 0.2) is 42.7 Å². The molecule has 2 aromatic rings. The Kier molecular flexibility index (Phi) is 4.65. The van der Waals surface area contributed by atoms with E-state index in [0.717, 1.165) is 32.1 Å².